The van der Waals surface area contributed by atoms with Crippen LogP contribution in [0.4, 0.5) is 5.69 Å². The van der Waals surface area contributed by atoms with Gasteiger partial charge >= 0.3 is 0 Å². The van der Waals surface area contributed by atoms with E-state index in [1.807, 2.05) is 22.7 Å². The van der Waals surface area contributed by atoms with Crippen LogP contribution in [0.3, 0.4) is 0 Å². The molecule has 0 atom stereocenters. The molecule has 0 aliphatic heterocycles. The predicted molar refractivity (Wildman–Crippen MR) is 61.9 cm³/mol. The standard InChI is InChI=1S/C11H15N5/c12-8-4-5-16-10(6-8)14-15-11(16)7-13-9-2-1-3-9/h4-6,9,13H,1-3,7,12H2. The highest BCUT2D eigenvalue weighted by atomic mass is 15.3. The van der Waals surface area contributed by atoms with E-state index in [1.54, 1.807) is 0 Å². The van der Waals surface area contributed by atoms with Gasteiger partial charge in [-0.3, -0.25) is 4.40 Å². The van der Waals surface area contributed by atoms with E-state index >= 15 is 0 Å². The Hall–Kier alpha value is -1.62. The second-order valence-corrected chi connectivity index (χ2v) is 4.31. The summed E-state index contributed by atoms with van der Waals surface area (Å²) in [6, 6.07) is 4.37. The summed E-state index contributed by atoms with van der Waals surface area (Å²) >= 11 is 0. The molecular formula is C11H15N5. The van der Waals surface area contributed by atoms with E-state index in [2.05, 4.69) is 15.5 Å². The van der Waals surface area contributed by atoms with Crippen LogP contribution in [0.1, 0.15) is 25.1 Å². The van der Waals surface area contributed by atoms with Gasteiger partial charge in [0, 0.05) is 24.0 Å². The van der Waals surface area contributed by atoms with E-state index in [1.165, 1.54) is 19.3 Å². The predicted octanol–water partition coefficient (Wildman–Crippen LogP) is 0.954. The van der Waals surface area contributed by atoms with Crippen molar-refractivity contribution in [2.45, 2.75) is 31.8 Å². The molecule has 0 amide bonds. The molecule has 0 bridgehead atoms. The average molecular weight is 217 g/mol. The van der Waals surface area contributed by atoms with Gasteiger partial charge < -0.3 is 11.1 Å². The number of rotatable bonds is 3. The summed E-state index contributed by atoms with van der Waals surface area (Å²) in [7, 11) is 0. The lowest BCUT2D eigenvalue weighted by atomic mass is 9.93. The smallest absolute Gasteiger partial charge is 0.162 e. The molecule has 2 aromatic heterocycles. The van der Waals surface area contributed by atoms with Crippen LogP contribution in [0.5, 0.6) is 0 Å². The molecular weight excluding hydrogens is 202 g/mol. The Morgan fingerprint density at radius 3 is 3.06 bits per heavy atom. The maximum Gasteiger partial charge on any atom is 0.162 e. The number of nitrogens with two attached hydrogens (primary N) is 1. The highest BCUT2D eigenvalue weighted by Gasteiger charge is 2.17. The van der Waals surface area contributed by atoms with Gasteiger partial charge in [-0.25, -0.2) is 0 Å². The fourth-order valence-corrected chi connectivity index (χ4v) is 1.92. The minimum absolute atomic E-state index is 0.668. The minimum Gasteiger partial charge on any atom is -0.399 e. The molecule has 0 saturated heterocycles. The van der Waals surface area contributed by atoms with E-state index in [4.69, 9.17) is 5.73 Å². The fraction of sp³-hybridized carbons (Fsp3) is 0.455. The van der Waals surface area contributed by atoms with Crippen LogP contribution in [0.25, 0.3) is 5.65 Å². The second kappa shape index (κ2) is 3.75. The zero-order valence-electron chi connectivity index (χ0n) is 9.06. The van der Waals surface area contributed by atoms with Crippen LogP contribution in [-0.2, 0) is 6.54 Å². The van der Waals surface area contributed by atoms with E-state index in [-0.39, 0.29) is 0 Å². The number of nitrogens with zero attached hydrogens (tertiary/aromatic N) is 3. The number of nitrogen functional groups attached to an aromatic ring is 1. The molecule has 84 valence electrons. The number of nitrogens with one attached hydrogen (secondary N) is 1. The Morgan fingerprint density at radius 1 is 1.44 bits per heavy atom. The third-order valence-electron chi connectivity index (χ3n) is 3.16. The lowest BCUT2D eigenvalue weighted by molar-refractivity contribution is 0.335. The maximum atomic E-state index is 5.69. The topological polar surface area (TPSA) is 68.2 Å². The normalized spacial score (nSPS) is 16.5. The maximum absolute atomic E-state index is 5.69. The number of aromatic nitrogens is 3. The van der Waals surface area contributed by atoms with Crippen LogP contribution < -0.4 is 11.1 Å². The summed E-state index contributed by atoms with van der Waals surface area (Å²) in [5, 5.41) is 11.7. The molecule has 16 heavy (non-hydrogen) atoms. The lowest BCUT2D eigenvalue weighted by Gasteiger charge is -2.26. The van der Waals surface area contributed by atoms with Crippen molar-refractivity contribution in [3.8, 4) is 0 Å². The van der Waals surface area contributed by atoms with Gasteiger partial charge in [0.05, 0.1) is 6.54 Å². The number of hydrogen-bond acceptors (Lipinski definition) is 4. The SMILES string of the molecule is Nc1ccn2c(CNC3CCC3)nnc2c1. The van der Waals surface area contributed by atoms with Gasteiger partial charge in [0.2, 0.25) is 0 Å². The molecule has 0 radical (unpaired) electrons. The Balaban J connectivity index is 1.80. The molecule has 2 heterocycles. The second-order valence-electron chi connectivity index (χ2n) is 4.31. The Bertz CT molecular complexity index is 500. The zero-order chi connectivity index (χ0) is 11.0. The first-order valence-corrected chi connectivity index (χ1v) is 5.65. The van der Waals surface area contributed by atoms with Crippen molar-refractivity contribution < 1.29 is 0 Å². The summed E-state index contributed by atoms with van der Waals surface area (Å²) in [5.41, 5.74) is 7.22. The van der Waals surface area contributed by atoms with Crippen LogP contribution in [0, 0.1) is 0 Å². The lowest BCUT2D eigenvalue weighted by Crippen LogP contribution is -2.35. The summed E-state index contributed by atoms with van der Waals surface area (Å²) in [4.78, 5) is 0. The van der Waals surface area contributed by atoms with Crippen molar-refractivity contribution in [2.75, 3.05) is 5.73 Å². The summed E-state index contributed by atoms with van der Waals surface area (Å²) in [5.74, 6) is 0.946. The van der Waals surface area contributed by atoms with E-state index in [0.717, 1.165) is 23.7 Å². The van der Waals surface area contributed by atoms with Crippen molar-refractivity contribution in [2.24, 2.45) is 0 Å². The molecule has 5 nitrogen and oxygen atoms in total. The first-order valence-electron chi connectivity index (χ1n) is 5.65. The largest absolute Gasteiger partial charge is 0.399 e. The molecule has 0 aromatic carbocycles. The third-order valence-corrected chi connectivity index (χ3v) is 3.16. The van der Waals surface area contributed by atoms with Gasteiger partial charge in [0.1, 0.15) is 0 Å². The third kappa shape index (κ3) is 1.63. The Morgan fingerprint density at radius 2 is 2.31 bits per heavy atom. The van der Waals surface area contributed by atoms with Crippen molar-refractivity contribution >= 4 is 11.3 Å². The van der Waals surface area contributed by atoms with E-state index in [9.17, 15) is 0 Å². The molecule has 1 aliphatic rings. The van der Waals surface area contributed by atoms with E-state index in [0.29, 0.717) is 6.04 Å². The van der Waals surface area contributed by atoms with Crippen LogP contribution in [0.2, 0.25) is 0 Å². The highest BCUT2D eigenvalue weighted by Crippen LogP contribution is 2.18. The Kier molecular flexibility index (Phi) is 2.25. The van der Waals surface area contributed by atoms with Gasteiger partial charge in [-0.1, -0.05) is 6.42 Å². The van der Waals surface area contributed by atoms with Gasteiger partial charge in [-0.2, -0.15) is 0 Å². The first-order chi connectivity index (χ1) is 7.83. The number of fused-ring (bicyclic) bond motifs is 1. The van der Waals surface area contributed by atoms with Crippen molar-refractivity contribution in [3.05, 3.63) is 24.2 Å². The zero-order valence-corrected chi connectivity index (χ0v) is 9.06. The molecule has 3 rings (SSSR count). The molecule has 3 N–H and O–H groups in total. The van der Waals surface area contributed by atoms with Crippen molar-refractivity contribution in [1.82, 2.24) is 19.9 Å². The Labute approximate surface area is 93.7 Å². The van der Waals surface area contributed by atoms with Crippen LogP contribution in [0.15, 0.2) is 18.3 Å². The van der Waals surface area contributed by atoms with Crippen molar-refractivity contribution in [3.63, 3.8) is 0 Å². The van der Waals surface area contributed by atoms with Gasteiger partial charge in [-0.05, 0) is 18.9 Å². The first kappa shape index (κ1) is 9.59. The summed E-state index contributed by atoms with van der Waals surface area (Å²) in [6.07, 6.45) is 5.82. The quantitative estimate of drug-likeness (QED) is 0.803. The number of pyridine rings is 1. The molecule has 1 aliphatic carbocycles. The van der Waals surface area contributed by atoms with Crippen LogP contribution >= 0.6 is 0 Å². The monoisotopic (exact) mass is 217 g/mol. The van der Waals surface area contributed by atoms with Gasteiger partial charge in [0.25, 0.3) is 0 Å². The van der Waals surface area contributed by atoms with Crippen LogP contribution in [-0.4, -0.2) is 20.6 Å². The summed E-state index contributed by atoms with van der Waals surface area (Å²) in [6.45, 7) is 0.774. The van der Waals surface area contributed by atoms with Gasteiger partial charge in [0.15, 0.2) is 11.5 Å². The molecule has 1 saturated carbocycles. The molecule has 0 unspecified atom stereocenters. The minimum atomic E-state index is 0.668. The van der Waals surface area contributed by atoms with Crippen molar-refractivity contribution in [1.29, 1.82) is 0 Å². The molecule has 5 heteroatoms. The van der Waals surface area contributed by atoms with E-state index < -0.39 is 0 Å². The molecule has 1 fully saturated rings. The number of hydrogen-bond donors (Lipinski definition) is 2. The van der Waals surface area contributed by atoms with Gasteiger partial charge in [-0.15, -0.1) is 10.2 Å². The summed E-state index contributed by atoms with van der Waals surface area (Å²) < 4.78 is 1.97. The fourth-order valence-electron chi connectivity index (χ4n) is 1.92. The molecule has 0 spiro atoms. The molecule has 2 aromatic rings. The average Bonchev–Trinajstić information content (AvgIpc) is 2.58. The highest BCUT2D eigenvalue weighted by molar-refractivity contribution is 5.51. The number of anilines is 1.